The third-order valence-corrected chi connectivity index (χ3v) is 5.03. The first-order valence-electron chi connectivity index (χ1n) is 5.80. The number of aliphatic hydroxyl groups is 1. The molecule has 2 fully saturated rings. The molecular weight excluding hydrogens is 244 g/mol. The number of hydrogen-bond acceptors (Lipinski definition) is 5. The van der Waals surface area contributed by atoms with E-state index in [0.29, 0.717) is 6.54 Å². The van der Waals surface area contributed by atoms with Gasteiger partial charge in [-0.15, -0.1) is 0 Å². The molecule has 0 spiro atoms. The van der Waals surface area contributed by atoms with E-state index in [-0.39, 0.29) is 36.5 Å². The molecular formula is C10H18N2O4S. The van der Waals surface area contributed by atoms with E-state index in [1.54, 1.807) is 0 Å². The predicted octanol–water partition coefficient (Wildman–Crippen LogP) is -1.60. The van der Waals surface area contributed by atoms with Gasteiger partial charge < -0.3 is 15.7 Å². The van der Waals surface area contributed by atoms with Crippen molar-refractivity contribution in [2.45, 2.75) is 30.8 Å². The summed E-state index contributed by atoms with van der Waals surface area (Å²) < 4.78 is 22.8. The fourth-order valence-corrected chi connectivity index (χ4v) is 3.49. The van der Waals surface area contributed by atoms with Crippen LogP contribution < -0.4 is 10.6 Å². The molecule has 98 valence electrons. The molecule has 7 heteroatoms. The Balaban J connectivity index is 1.82. The Labute approximate surface area is 101 Å². The topological polar surface area (TPSA) is 95.5 Å². The molecule has 0 radical (unpaired) electrons. The van der Waals surface area contributed by atoms with Crippen molar-refractivity contribution >= 4 is 15.7 Å². The zero-order chi connectivity index (χ0) is 12.5. The molecule has 17 heavy (non-hydrogen) atoms. The monoisotopic (exact) mass is 262 g/mol. The van der Waals surface area contributed by atoms with Gasteiger partial charge in [0.1, 0.15) is 0 Å². The molecule has 1 heterocycles. The van der Waals surface area contributed by atoms with E-state index in [4.69, 9.17) is 5.11 Å². The molecule has 1 aliphatic carbocycles. The molecule has 1 saturated heterocycles. The molecule has 1 amide bonds. The average Bonchev–Trinajstić information content (AvgIpc) is 2.96. The lowest BCUT2D eigenvalue weighted by atomic mass is 10.2. The summed E-state index contributed by atoms with van der Waals surface area (Å²) in [5.41, 5.74) is -0.426. The van der Waals surface area contributed by atoms with Crippen molar-refractivity contribution in [2.24, 2.45) is 0 Å². The van der Waals surface area contributed by atoms with Crippen molar-refractivity contribution in [3.8, 4) is 0 Å². The van der Waals surface area contributed by atoms with Gasteiger partial charge in [0.25, 0.3) is 0 Å². The van der Waals surface area contributed by atoms with E-state index >= 15 is 0 Å². The van der Waals surface area contributed by atoms with E-state index in [2.05, 4.69) is 10.6 Å². The van der Waals surface area contributed by atoms with E-state index in [1.807, 2.05) is 0 Å². The van der Waals surface area contributed by atoms with E-state index in [0.717, 1.165) is 12.8 Å². The van der Waals surface area contributed by atoms with Crippen molar-refractivity contribution < 1.29 is 18.3 Å². The maximum Gasteiger partial charge on any atom is 0.222 e. The summed E-state index contributed by atoms with van der Waals surface area (Å²) in [5.74, 6) is -0.0238. The molecule has 0 aromatic rings. The molecule has 2 aliphatic rings. The van der Waals surface area contributed by atoms with Gasteiger partial charge >= 0.3 is 0 Å². The second-order valence-electron chi connectivity index (χ2n) is 4.96. The zero-order valence-electron chi connectivity index (χ0n) is 9.61. The number of aliphatic hydroxyl groups excluding tert-OH is 1. The molecule has 0 aromatic heterocycles. The highest BCUT2D eigenvalue weighted by molar-refractivity contribution is 7.91. The SMILES string of the molecule is O=C(CC1CS(=O)(=O)CCN1)NC1(CO)CC1. The van der Waals surface area contributed by atoms with Crippen molar-refractivity contribution in [3.63, 3.8) is 0 Å². The summed E-state index contributed by atoms with van der Waals surface area (Å²) in [6.45, 7) is 0.362. The molecule has 1 unspecified atom stereocenters. The van der Waals surface area contributed by atoms with Crippen LogP contribution >= 0.6 is 0 Å². The normalized spacial score (nSPS) is 29.6. The number of hydrogen-bond donors (Lipinski definition) is 3. The Hall–Kier alpha value is -0.660. The van der Waals surface area contributed by atoms with Gasteiger partial charge in [0.2, 0.25) is 5.91 Å². The van der Waals surface area contributed by atoms with E-state index < -0.39 is 15.4 Å². The fourth-order valence-electron chi connectivity index (χ4n) is 2.04. The summed E-state index contributed by atoms with van der Waals surface area (Å²) >= 11 is 0. The number of nitrogens with one attached hydrogen (secondary N) is 2. The minimum atomic E-state index is -3.00. The first kappa shape index (κ1) is 12.8. The lowest BCUT2D eigenvalue weighted by Crippen LogP contribution is -2.49. The maximum atomic E-state index is 11.7. The lowest BCUT2D eigenvalue weighted by Gasteiger charge is -2.24. The quantitative estimate of drug-likeness (QED) is 0.567. The van der Waals surface area contributed by atoms with Gasteiger partial charge in [-0.2, -0.15) is 0 Å². The van der Waals surface area contributed by atoms with Gasteiger partial charge in [0.15, 0.2) is 9.84 Å². The molecule has 1 atom stereocenters. The first-order valence-corrected chi connectivity index (χ1v) is 7.63. The Morgan fingerprint density at radius 2 is 2.18 bits per heavy atom. The van der Waals surface area contributed by atoms with Crippen LogP contribution in [0.2, 0.25) is 0 Å². The maximum absolute atomic E-state index is 11.7. The van der Waals surface area contributed by atoms with Gasteiger partial charge in [0, 0.05) is 19.0 Å². The molecule has 6 nitrogen and oxygen atoms in total. The highest BCUT2D eigenvalue weighted by Gasteiger charge is 2.43. The van der Waals surface area contributed by atoms with Gasteiger partial charge in [-0.3, -0.25) is 4.79 Å². The highest BCUT2D eigenvalue weighted by Crippen LogP contribution is 2.34. The number of sulfone groups is 1. The Kier molecular flexibility index (Phi) is 3.42. The van der Waals surface area contributed by atoms with Crippen molar-refractivity contribution in [2.75, 3.05) is 24.7 Å². The second kappa shape index (κ2) is 4.55. The van der Waals surface area contributed by atoms with Crippen molar-refractivity contribution in [1.82, 2.24) is 10.6 Å². The molecule has 1 saturated carbocycles. The van der Waals surface area contributed by atoms with Crippen LogP contribution in [0.5, 0.6) is 0 Å². The zero-order valence-corrected chi connectivity index (χ0v) is 10.4. The van der Waals surface area contributed by atoms with Gasteiger partial charge in [-0.25, -0.2) is 8.42 Å². The van der Waals surface area contributed by atoms with Crippen LogP contribution in [0.25, 0.3) is 0 Å². The second-order valence-corrected chi connectivity index (χ2v) is 7.18. The summed E-state index contributed by atoms with van der Waals surface area (Å²) in [6, 6.07) is -0.303. The predicted molar refractivity (Wildman–Crippen MR) is 62.3 cm³/mol. The van der Waals surface area contributed by atoms with Gasteiger partial charge in [0.05, 0.1) is 23.7 Å². The minimum Gasteiger partial charge on any atom is -0.394 e. The van der Waals surface area contributed by atoms with Gasteiger partial charge in [-0.1, -0.05) is 0 Å². The largest absolute Gasteiger partial charge is 0.394 e. The standard InChI is InChI=1S/C10H18N2O4S/c13-7-10(1-2-10)12-9(14)5-8-6-17(15,16)4-3-11-8/h8,11,13H,1-7H2,(H,12,14). The van der Waals surface area contributed by atoms with Crippen LogP contribution in [0, 0.1) is 0 Å². The smallest absolute Gasteiger partial charge is 0.222 e. The van der Waals surface area contributed by atoms with Crippen LogP contribution in [-0.4, -0.2) is 55.7 Å². The summed E-state index contributed by atoms with van der Waals surface area (Å²) in [5, 5.41) is 14.9. The Bertz CT molecular complexity index is 403. The van der Waals surface area contributed by atoms with Crippen molar-refractivity contribution in [1.29, 1.82) is 0 Å². The van der Waals surface area contributed by atoms with Crippen LogP contribution in [0.15, 0.2) is 0 Å². The van der Waals surface area contributed by atoms with Crippen molar-refractivity contribution in [3.05, 3.63) is 0 Å². The number of amides is 1. The van der Waals surface area contributed by atoms with Crippen LogP contribution in [0.1, 0.15) is 19.3 Å². The third kappa shape index (κ3) is 3.40. The molecule has 0 aromatic carbocycles. The molecule has 3 N–H and O–H groups in total. The van der Waals surface area contributed by atoms with Crippen LogP contribution in [0.4, 0.5) is 0 Å². The van der Waals surface area contributed by atoms with Crippen LogP contribution in [-0.2, 0) is 14.6 Å². The van der Waals surface area contributed by atoms with Gasteiger partial charge in [-0.05, 0) is 12.8 Å². The van der Waals surface area contributed by atoms with E-state index in [1.165, 1.54) is 0 Å². The number of carbonyl (C=O) groups excluding carboxylic acids is 1. The van der Waals surface area contributed by atoms with Crippen LogP contribution in [0.3, 0.4) is 0 Å². The third-order valence-electron chi connectivity index (χ3n) is 3.29. The number of rotatable bonds is 4. The van der Waals surface area contributed by atoms with E-state index in [9.17, 15) is 13.2 Å². The summed E-state index contributed by atoms with van der Waals surface area (Å²) in [7, 11) is -3.00. The first-order chi connectivity index (χ1) is 7.95. The molecule has 1 aliphatic heterocycles. The Morgan fingerprint density at radius 3 is 2.71 bits per heavy atom. The highest BCUT2D eigenvalue weighted by atomic mass is 32.2. The average molecular weight is 262 g/mol. The fraction of sp³-hybridized carbons (Fsp3) is 0.900. The summed E-state index contributed by atoms with van der Waals surface area (Å²) in [6.07, 6.45) is 1.75. The minimum absolute atomic E-state index is 0.0204. The molecule has 0 bridgehead atoms. The number of carbonyl (C=O) groups is 1. The summed E-state index contributed by atoms with van der Waals surface area (Å²) in [4.78, 5) is 11.7. The molecule has 2 rings (SSSR count). The lowest BCUT2D eigenvalue weighted by molar-refractivity contribution is -0.122. The Morgan fingerprint density at radius 1 is 1.47 bits per heavy atom.